The Morgan fingerprint density at radius 2 is 1.95 bits per heavy atom. The average Bonchev–Trinajstić information content (AvgIpc) is 3.08. The lowest BCUT2D eigenvalue weighted by Gasteiger charge is -2.13. The molecular weight excluding hydrogens is 279 g/mol. The van der Waals surface area contributed by atoms with Gasteiger partial charge in [-0.1, -0.05) is 6.07 Å². The second kappa shape index (κ2) is 4.69. The summed E-state index contributed by atoms with van der Waals surface area (Å²) < 4.78 is 39.9. The van der Waals surface area contributed by atoms with Crippen molar-refractivity contribution in [2.75, 3.05) is 0 Å². The molecule has 108 valence electrons. The van der Waals surface area contributed by atoms with Crippen molar-refractivity contribution in [2.24, 2.45) is 0 Å². The van der Waals surface area contributed by atoms with E-state index >= 15 is 0 Å². The molecule has 0 spiro atoms. The molecule has 1 amide bonds. The summed E-state index contributed by atoms with van der Waals surface area (Å²) in [6, 6.07) is 4.45. The number of ether oxygens (including phenoxy) is 1. The van der Waals surface area contributed by atoms with Crippen LogP contribution in [-0.4, -0.2) is 28.9 Å². The third-order valence-corrected chi connectivity index (χ3v) is 2.84. The van der Waals surface area contributed by atoms with E-state index < -0.39 is 29.5 Å². The number of amides is 1. The lowest BCUT2D eigenvalue weighted by Crippen LogP contribution is -2.43. The quantitative estimate of drug-likeness (QED) is 0.888. The molecule has 1 fully saturated rings. The minimum absolute atomic E-state index is 0.0979. The van der Waals surface area contributed by atoms with Gasteiger partial charge in [-0.2, -0.15) is 0 Å². The van der Waals surface area contributed by atoms with E-state index in [4.69, 9.17) is 5.11 Å². The van der Waals surface area contributed by atoms with Gasteiger partial charge in [0.05, 0.1) is 0 Å². The van der Waals surface area contributed by atoms with Crippen LogP contribution in [0, 0.1) is 0 Å². The summed E-state index contributed by atoms with van der Waals surface area (Å²) in [4.78, 5) is 22.7. The number of carbonyl (C=O) groups is 2. The zero-order valence-electron chi connectivity index (χ0n) is 10.0. The highest BCUT2D eigenvalue weighted by molar-refractivity contribution is 5.99. The second-order valence-corrected chi connectivity index (χ2v) is 4.42. The second-order valence-electron chi connectivity index (χ2n) is 4.42. The minimum Gasteiger partial charge on any atom is -0.480 e. The number of nitrogens with one attached hydrogen (secondary N) is 1. The fourth-order valence-corrected chi connectivity index (χ4v) is 1.64. The molecule has 1 aliphatic carbocycles. The fourth-order valence-electron chi connectivity index (χ4n) is 1.64. The van der Waals surface area contributed by atoms with Gasteiger partial charge < -0.3 is 15.2 Å². The van der Waals surface area contributed by atoms with E-state index in [1.165, 1.54) is 12.1 Å². The van der Waals surface area contributed by atoms with E-state index in [0.717, 1.165) is 12.1 Å². The van der Waals surface area contributed by atoms with E-state index in [9.17, 15) is 22.8 Å². The van der Waals surface area contributed by atoms with Crippen LogP contribution in [-0.2, 0) is 4.79 Å². The number of alkyl halides is 3. The predicted molar refractivity (Wildman–Crippen MR) is 60.2 cm³/mol. The molecule has 1 aromatic carbocycles. The number of hydrogen-bond donors (Lipinski definition) is 2. The summed E-state index contributed by atoms with van der Waals surface area (Å²) in [5.74, 6) is -2.45. The molecular formula is C12H10F3NO4. The van der Waals surface area contributed by atoms with Crippen molar-refractivity contribution < 1.29 is 32.6 Å². The van der Waals surface area contributed by atoms with Gasteiger partial charge in [0.25, 0.3) is 5.91 Å². The summed E-state index contributed by atoms with van der Waals surface area (Å²) >= 11 is 0. The first-order valence-electron chi connectivity index (χ1n) is 5.64. The zero-order valence-corrected chi connectivity index (χ0v) is 10.0. The van der Waals surface area contributed by atoms with Crippen molar-refractivity contribution in [3.63, 3.8) is 0 Å². The molecule has 0 saturated heterocycles. The Morgan fingerprint density at radius 3 is 2.45 bits per heavy atom. The number of halogens is 3. The minimum atomic E-state index is -4.85. The van der Waals surface area contributed by atoms with Crippen molar-refractivity contribution in [3.05, 3.63) is 29.8 Å². The van der Waals surface area contributed by atoms with E-state index in [2.05, 4.69) is 10.1 Å². The normalized spacial score (nSPS) is 16.4. The van der Waals surface area contributed by atoms with Crippen LogP contribution in [0.3, 0.4) is 0 Å². The molecule has 0 aliphatic heterocycles. The molecule has 1 aliphatic rings. The first-order chi connectivity index (χ1) is 9.22. The van der Waals surface area contributed by atoms with Gasteiger partial charge in [0, 0.05) is 5.56 Å². The smallest absolute Gasteiger partial charge is 0.480 e. The van der Waals surface area contributed by atoms with E-state index in [1.54, 1.807) is 0 Å². The molecule has 8 heteroatoms. The van der Waals surface area contributed by atoms with Crippen LogP contribution >= 0.6 is 0 Å². The van der Waals surface area contributed by atoms with Gasteiger partial charge in [-0.05, 0) is 31.0 Å². The van der Waals surface area contributed by atoms with Crippen LogP contribution < -0.4 is 10.1 Å². The first kappa shape index (κ1) is 14.2. The van der Waals surface area contributed by atoms with E-state index in [1.807, 2.05) is 0 Å². The number of carboxylic acid groups (broad SMARTS) is 1. The Labute approximate surface area is 111 Å². The van der Waals surface area contributed by atoms with Crippen LogP contribution in [0.4, 0.5) is 13.2 Å². The molecule has 20 heavy (non-hydrogen) atoms. The fraction of sp³-hybridized carbons (Fsp3) is 0.333. The van der Waals surface area contributed by atoms with Crippen LogP contribution in [0.25, 0.3) is 0 Å². The molecule has 2 rings (SSSR count). The van der Waals surface area contributed by atoms with Gasteiger partial charge in [-0.15, -0.1) is 13.2 Å². The third-order valence-electron chi connectivity index (χ3n) is 2.84. The first-order valence-corrected chi connectivity index (χ1v) is 5.64. The van der Waals surface area contributed by atoms with Crippen molar-refractivity contribution in [3.8, 4) is 5.75 Å². The molecule has 1 saturated carbocycles. The number of rotatable bonds is 4. The Balaban J connectivity index is 2.11. The summed E-state index contributed by atoms with van der Waals surface area (Å²) in [6.07, 6.45) is -4.26. The Hall–Kier alpha value is -2.25. The van der Waals surface area contributed by atoms with Crippen molar-refractivity contribution in [1.29, 1.82) is 0 Å². The molecule has 0 aromatic heterocycles. The molecule has 0 bridgehead atoms. The number of aliphatic carboxylic acids is 1. The molecule has 0 heterocycles. The summed E-state index contributed by atoms with van der Waals surface area (Å²) in [5, 5.41) is 11.2. The highest BCUT2D eigenvalue weighted by atomic mass is 19.4. The predicted octanol–water partition coefficient (Wildman–Crippen LogP) is 1.93. The van der Waals surface area contributed by atoms with E-state index in [0.29, 0.717) is 12.8 Å². The molecule has 1 aromatic rings. The SMILES string of the molecule is O=C(NC1(C(=O)O)CC1)c1cccc(OC(F)(F)F)c1. The van der Waals surface area contributed by atoms with Gasteiger partial charge >= 0.3 is 12.3 Å². The summed E-state index contributed by atoms with van der Waals surface area (Å²) in [5.41, 5.74) is -1.39. The van der Waals surface area contributed by atoms with Crippen molar-refractivity contribution in [2.45, 2.75) is 24.7 Å². The molecule has 0 atom stereocenters. The number of benzene rings is 1. The van der Waals surface area contributed by atoms with Crippen LogP contribution in [0.15, 0.2) is 24.3 Å². The number of carboxylic acids is 1. The Bertz CT molecular complexity index is 552. The lowest BCUT2D eigenvalue weighted by molar-refractivity contribution is -0.274. The van der Waals surface area contributed by atoms with Gasteiger partial charge in [-0.3, -0.25) is 4.79 Å². The number of hydrogen-bond acceptors (Lipinski definition) is 3. The topological polar surface area (TPSA) is 75.6 Å². The largest absolute Gasteiger partial charge is 0.573 e. The maximum Gasteiger partial charge on any atom is 0.573 e. The Kier molecular flexibility index (Phi) is 3.33. The molecule has 5 nitrogen and oxygen atoms in total. The van der Waals surface area contributed by atoms with Crippen molar-refractivity contribution in [1.82, 2.24) is 5.32 Å². The third kappa shape index (κ3) is 3.19. The molecule has 0 unspecified atom stereocenters. The maximum absolute atomic E-state index is 12.1. The van der Waals surface area contributed by atoms with E-state index in [-0.39, 0.29) is 5.56 Å². The summed E-state index contributed by atoms with van der Waals surface area (Å²) in [7, 11) is 0. The van der Waals surface area contributed by atoms with Crippen LogP contribution in [0.1, 0.15) is 23.2 Å². The van der Waals surface area contributed by atoms with Gasteiger partial charge in [0.1, 0.15) is 11.3 Å². The monoisotopic (exact) mass is 289 g/mol. The standard InChI is InChI=1S/C12H10F3NO4/c13-12(14,15)20-8-3-1-2-7(6-8)9(17)16-11(4-5-11)10(18)19/h1-3,6H,4-5H2,(H,16,17)(H,18,19). The Morgan fingerprint density at radius 1 is 1.30 bits per heavy atom. The van der Waals surface area contributed by atoms with Crippen molar-refractivity contribution >= 4 is 11.9 Å². The van der Waals surface area contributed by atoms with Gasteiger partial charge in [-0.25, -0.2) is 4.79 Å². The van der Waals surface area contributed by atoms with Crippen LogP contribution in [0.5, 0.6) is 5.75 Å². The summed E-state index contributed by atoms with van der Waals surface area (Å²) in [6.45, 7) is 0. The molecule has 0 radical (unpaired) electrons. The van der Waals surface area contributed by atoms with Crippen LogP contribution in [0.2, 0.25) is 0 Å². The molecule has 2 N–H and O–H groups in total. The number of carbonyl (C=O) groups excluding carboxylic acids is 1. The lowest BCUT2D eigenvalue weighted by atomic mass is 10.1. The zero-order chi connectivity index (χ0) is 15.0. The van der Waals surface area contributed by atoms with Gasteiger partial charge in [0.2, 0.25) is 0 Å². The maximum atomic E-state index is 12.1. The average molecular weight is 289 g/mol. The highest BCUT2D eigenvalue weighted by Crippen LogP contribution is 2.36. The highest BCUT2D eigenvalue weighted by Gasteiger charge is 2.51. The van der Waals surface area contributed by atoms with Gasteiger partial charge in [0.15, 0.2) is 0 Å².